The quantitative estimate of drug-likeness (QED) is 0.817. The summed E-state index contributed by atoms with van der Waals surface area (Å²) in [6.45, 7) is -0.187. The minimum absolute atomic E-state index is 0.0343. The van der Waals surface area contributed by atoms with E-state index in [-0.39, 0.29) is 17.9 Å². The Bertz CT molecular complexity index is 1000. The number of ether oxygens (including phenoxy) is 2. The van der Waals surface area contributed by atoms with Gasteiger partial charge in [0.05, 0.1) is 30.8 Å². The largest absolute Gasteiger partial charge is 0.465 e. The smallest absolute Gasteiger partial charge is 0.355 e. The number of anilines is 1. The number of carbonyl (C=O) groups is 2. The number of aliphatic hydroxyl groups is 1. The number of fused-ring (bicyclic) bond motifs is 1. The number of esters is 2. The number of imidazole rings is 1. The SMILES string of the molecule is COC(=O)C1=C(C(=O)OC)N(c2ccc3c(c2)nc(CO)n3C)C=CC=C1. The third-order valence-corrected chi connectivity index (χ3v) is 4.27. The van der Waals surface area contributed by atoms with E-state index in [2.05, 4.69) is 4.98 Å². The van der Waals surface area contributed by atoms with Gasteiger partial charge < -0.3 is 24.0 Å². The first-order valence-electron chi connectivity index (χ1n) is 8.13. The topological polar surface area (TPSA) is 93.9 Å². The average Bonchev–Trinajstić information content (AvgIpc) is 2.87. The second kappa shape index (κ2) is 7.46. The van der Waals surface area contributed by atoms with Gasteiger partial charge in [-0.1, -0.05) is 6.08 Å². The summed E-state index contributed by atoms with van der Waals surface area (Å²) in [5.74, 6) is -0.806. The maximum absolute atomic E-state index is 12.5. The van der Waals surface area contributed by atoms with Crippen LogP contribution in [0.25, 0.3) is 11.0 Å². The van der Waals surface area contributed by atoms with Gasteiger partial charge in [-0.3, -0.25) is 0 Å². The van der Waals surface area contributed by atoms with Crippen molar-refractivity contribution in [2.45, 2.75) is 6.61 Å². The van der Waals surface area contributed by atoms with Gasteiger partial charge in [0.15, 0.2) is 0 Å². The van der Waals surface area contributed by atoms with E-state index in [0.717, 1.165) is 5.52 Å². The monoisotopic (exact) mass is 369 g/mol. The average molecular weight is 369 g/mol. The van der Waals surface area contributed by atoms with Gasteiger partial charge in [0.1, 0.15) is 18.1 Å². The lowest BCUT2D eigenvalue weighted by Gasteiger charge is -2.23. The molecule has 0 fully saturated rings. The number of nitrogens with zero attached hydrogens (tertiary/aromatic N) is 3. The molecule has 27 heavy (non-hydrogen) atoms. The van der Waals surface area contributed by atoms with Crippen molar-refractivity contribution in [3.05, 3.63) is 59.7 Å². The lowest BCUT2D eigenvalue weighted by molar-refractivity contribution is -0.139. The summed E-state index contributed by atoms with van der Waals surface area (Å²) in [5.41, 5.74) is 2.19. The number of aromatic nitrogens is 2. The Hall–Kier alpha value is -3.39. The van der Waals surface area contributed by atoms with E-state index in [0.29, 0.717) is 17.0 Å². The van der Waals surface area contributed by atoms with Gasteiger partial charge in [-0.15, -0.1) is 0 Å². The minimum atomic E-state index is -0.677. The predicted molar refractivity (Wildman–Crippen MR) is 98.5 cm³/mol. The molecule has 0 saturated carbocycles. The van der Waals surface area contributed by atoms with Crippen LogP contribution in [0.4, 0.5) is 5.69 Å². The van der Waals surface area contributed by atoms with Gasteiger partial charge in [-0.25, -0.2) is 14.6 Å². The van der Waals surface area contributed by atoms with Crippen LogP contribution in [0.15, 0.2) is 53.9 Å². The summed E-state index contributed by atoms with van der Waals surface area (Å²) in [6, 6.07) is 5.39. The minimum Gasteiger partial charge on any atom is -0.465 e. The summed E-state index contributed by atoms with van der Waals surface area (Å²) in [6.07, 6.45) is 6.48. The molecule has 140 valence electrons. The lowest BCUT2D eigenvalue weighted by Crippen LogP contribution is -2.26. The molecular formula is C19H19N3O5. The summed E-state index contributed by atoms with van der Waals surface area (Å²) >= 11 is 0. The second-order valence-corrected chi connectivity index (χ2v) is 5.73. The fourth-order valence-corrected chi connectivity index (χ4v) is 2.89. The van der Waals surface area contributed by atoms with Crippen molar-refractivity contribution in [2.24, 2.45) is 7.05 Å². The normalized spacial score (nSPS) is 13.9. The van der Waals surface area contributed by atoms with Crippen LogP contribution in [0.3, 0.4) is 0 Å². The Balaban J connectivity index is 2.19. The van der Waals surface area contributed by atoms with Crippen LogP contribution >= 0.6 is 0 Å². The van der Waals surface area contributed by atoms with E-state index >= 15 is 0 Å². The van der Waals surface area contributed by atoms with E-state index in [1.165, 1.54) is 20.3 Å². The number of benzene rings is 1. The third-order valence-electron chi connectivity index (χ3n) is 4.27. The summed E-state index contributed by atoms with van der Waals surface area (Å²) < 4.78 is 11.5. The van der Waals surface area contributed by atoms with E-state index < -0.39 is 11.9 Å². The van der Waals surface area contributed by atoms with Crippen molar-refractivity contribution in [1.29, 1.82) is 0 Å². The van der Waals surface area contributed by atoms with Crippen molar-refractivity contribution in [2.75, 3.05) is 19.1 Å². The van der Waals surface area contributed by atoms with Gasteiger partial charge in [0, 0.05) is 18.9 Å². The molecule has 0 spiro atoms. The zero-order valence-corrected chi connectivity index (χ0v) is 15.2. The molecule has 1 aromatic heterocycles. The van der Waals surface area contributed by atoms with Crippen molar-refractivity contribution in [3.8, 4) is 0 Å². The van der Waals surface area contributed by atoms with Crippen LogP contribution in [-0.2, 0) is 32.7 Å². The number of methoxy groups -OCH3 is 2. The number of hydrogen-bond acceptors (Lipinski definition) is 7. The van der Waals surface area contributed by atoms with Crippen LogP contribution in [0.5, 0.6) is 0 Å². The third kappa shape index (κ3) is 3.22. The number of hydrogen-bond donors (Lipinski definition) is 1. The highest BCUT2D eigenvalue weighted by atomic mass is 16.5. The van der Waals surface area contributed by atoms with Crippen molar-refractivity contribution < 1.29 is 24.2 Å². The highest BCUT2D eigenvalue weighted by Crippen LogP contribution is 2.29. The molecule has 0 bridgehead atoms. The van der Waals surface area contributed by atoms with Gasteiger partial charge in [0.2, 0.25) is 0 Å². The molecule has 1 aliphatic heterocycles. The maximum Gasteiger partial charge on any atom is 0.355 e. The Labute approximate surface area is 155 Å². The molecule has 3 rings (SSSR count). The summed E-state index contributed by atoms with van der Waals surface area (Å²) in [7, 11) is 4.30. The van der Waals surface area contributed by atoms with Gasteiger partial charge in [0.25, 0.3) is 0 Å². The molecule has 0 radical (unpaired) electrons. The van der Waals surface area contributed by atoms with Gasteiger partial charge >= 0.3 is 11.9 Å². The fourth-order valence-electron chi connectivity index (χ4n) is 2.89. The van der Waals surface area contributed by atoms with E-state index in [4.69, 9.17) is 9.47 Å². The molecular weight excluding hydrogens is 350 g/mol. The molecule has 1 aromatic carbocycles. The highest BCUT2D eigenvalue weighted by Gasteiger charge is 2.27. The Morgan fingerprint density at radius 1 is 1.15 bits per heavy atom. The van der Waals surface area contributed by atoms with E-state index in [1.807, 2.05) is 13.1 Å². The number of aryl methyl sites for hydroxylation is 1. The van der Waals surface area contributed by atoms with E-state index in [1.54, 1.807) is 40.0 Å². The van der Waals surface area contributed by atoms with Crippen molar-refractivity contribution in [3.63, 3.8) is 0 Å². The number of rotatable bonds is 4. The molecule has 0 saturated heterocycles. The zero-order valence-electron chi connectivity index (χ0n) is 15.2. The standard InChI is InChI=1S/C19H19N3O5/c1-21-15-8-7-12(10-14(15)20-16(21)11-23)22-9-5-4-6-13(18(24)26-2)17(22)19(25)27-3/h4-10,23H,11H2,1-3H3. The molecule has 1 N–H and O–H groups in total. The zero-order chi connectivity index (χ0) is 19.6. The second-order valence-electron chi connectivity index (χ2n) is 5.73. The van der Waals surface area contributed by atoms with Crippen LogP contribution in [0.1, 0.15) is 5.82 Å². The van der Waals surface area contributed by atoms with Crippen LogP contribution in [0, 0.1) is 0 Å². The van der Waals surface area contributed by atoms with E-state index in [9.17, 15) is 14.7 Å². The molecule has 0 aliphatic carbocycles. The molecule has 0 unspecified atom stereocenters. The number of aliphatic hydroxyl groups excluding tert-OH is 1. The first kappa shape index (κ1) is 18.4. The number of allylic oxidation sites excluding steroid dienone is 2. The van der Waals surface area contributed by atoms with Gasteiger partial charge in [-0.2, -0.15) is 0 Å². The Morgan fingerprint density at radius 2 is 1.89 bits per heavy atom. The van der Waals surface area contributed by atoms with Gasteiger partial charge in [-0.05, 0) is 30.4 Å². The van der Waals surface area contributed by atoms with Crippen LogP contribution in [-0.4, -0.2) is 40.8 Å². The van der Waals surface area contributed by atoms with Crippen LogP contribution < -0.4 is 4.90 Å². The summed E-state index contributed by atoms with van der Waals surface area (Å²) in [4.78, 5) is 30.6. The fraction of sp³-hybridized carbons (Fsp3) is 0.211. The molecule has 0 atom stereocenters. The molecule has 8 nitrogen and oxygen atoms in total. The maximum atomic E-state index is 12.5. The lowest BCUT2D eigenvalue weighted by atomic mass is 10.1. The molecule has 2 heterocycles. The molecule has 8 heteroatoms. The first-order valence-corrected chi connectivity index (χ1v) is 8.13. The molecule has 2 aromatic rings. The van der Waals surface area contributed by atoms with Crippen LogP contribution in [0.2, 0.25) is 0 Å². The Kier molecular flexibility index (Phi) is 5.09. The van der Waals surface area contributed by atoms with Crippen molar-refractivity contribution in [1.82, 2.24) is 9.55 Å². The first-order chi connectivity index (χ1) is 13.0. The highest BCUT2D eigenvalue weighted by molar-refractivity contribution is 6.05. The molecule has 1 aliphatic rings. The predicted octanol–water partition coefficient (Wildman–Crippen LogP) is 1.56. The summed E-state index contributed by atoms with van der Waals surface area (Å²) in [5, 5.41) is 9.41. The Morgan fingerprint density at radius 3 is 2.56 bits per heavy atom. The van der Waals surface area contributed by atoms with Crippen molar-refractivity contribution >= 4 is 28.7 Å². The number of carbonyl (C=O) groups excluding carboxylic acids is 2. The molecule has 0 amide bonds.